The van der Waals surface area contributed by atoms with Crippen LogP contribution in [0.5, 0.6) is 5.75 Å². The van der Waals surface area contributed by atoms with Crippen molar-refractivity contribution in [3.63, 3.8) is 0 Å². The molecule has 3 aliphatic heterocycles. The molecule has 1 aromatic carbocycles. The molecule has 2 amide bonds. The first-order valence-corrected chi connectivity index (χ1v) is 16.4. The van der Waals surface area contributed by atoms with Crippen LogP contribution >= 0.6 is 0 Å². The third kappa shape index (κ3) is 8.29. The number of fused-ring (bicyclic) bond motifs is 1. The molecule has 1 aromatic rings. The van der Waals surface area contributed by atoms with E-state index in [0.717, 1.165) is 79.5 Å². The zero-order valence-electron chi connectivity index (χ0n) is 27.4. The van der Waals surface area contributed by atoms with Crippen LogP contribution in [-0.4, -0.2) is 122 Å². The SMILES string of the molecule is CCCCN(CCCC[N+](C)(C)C)C(=O)CN1C[C@H](c2ccc3c(c2)CCO3)[C@@H](C(=O)O)[C@@H]1CCN1CCC(C)(C)C1=O. The first-order valence-electron chi connectivity index (χ1n) is 16.4. The van der Waals surface area contributed by atoms with E-state index in [1.165, 1.54) is 0 Å². The van der Waals surface area contributed by atoms with Gasteiger partial charge in [-0.1, -0.05) is 39.3 Å². The number of amides is 2. The van der Waals surface area contributed by atoms with Gasteiger partial charge in [0, 0.05) is 56.5 Å². The Morgan fingerprint density at radius 1 is 1.14 bits per heavy atom. The molecule has 0 spiro atoms. The van der Waals surface area contributed by atoms with E-state index >= 15 is 0 Å². The van der Waals surface area contributed by atoms with Gasteiger partial charge in [-0.2, -0.15) is 0 Å². The third-order valence-electron chi connectivity index (χ3n) is 9.72. The molecule has 0 unspecified atom stereocenters. The predicted molar refractivity (Wildman–Crippen MR) is 168 cm³/mol. The number of hydrogen-bond acceptors (Lipinski definition) is 5. The highest BCUT2D eigenvalue weighted by molar-refractivity contribution is 5.84. The van der Waals surface area contributed by atoms with Crippen molar-refractivity contribution in [3.05, 3.63) is 29.3 Å². The Hall–Kier alpha value is -2.65. The summed E-state index contributed by atoms with van der Waals surface area (Å²) in [4.78, 5) is 45.8. The Labute approximate surface area is 258 Å². The molecule has 9 nitrogen and oxygen atoms in total. The number of carbonyl (C=O) groups is 3. The van der Waals surface area contributed by atoms with E-state index in [1.54, 1.807) is 0 Å². The van der Waals surface area contributed by atoms with Crippen molar-refractivity contribution >= 4 is 17.8 Å². The van der Waals surface area contributed by atoms with Gasteiger partial charge >= 0.3 is 5.97 Å². The van der Waals surface area contributed by atoms with E-state index in [0.29, 0.717) is 32.7 Å². The van der Waals surface area contributed by atoms with Crippen LogP contribution < -0.4 is 4.74 Å². The second-order valence-corrected chi connectivity index (χ2v) is 14.6. The summed E-state index contributed by atoms with van der Waals surface area (Å²) in [5.74, 6) is -0.640. The van der Waals surface area contributed by atoms with Gasteiger partial charge in [0.15, 0.2) is 0 Å². The molecule has 2 saturated heterocycles. The van der Waals surface area contributed by atoms with Crippen LogP contribution in [0.4, 0.5) is 0 Å². The summed E-state index contributed by atoms with van der Waals surface area (Å²) in [6.45, 7) is 11.2. The van der Waals surface area contributed by atoms with Crippen LogP contribution in [0.3, 0.4) is 0 Å². The van der Waals surface area contributed by atoms with Gasteiger partial charge in [0.05, 0.1) is 46.8 Å². The Balaban J connectivity index is 1.54. The number of benzene rings is 1. The molecule has 0 aromatic heterocycles. The number of rotatable bonds is 15. The number of aliphatic carboxylic acids is 1. The summed E-state index contributed by atoms with van der Waals surface area (Å²) >= 11 is 0. The van der Waals surface area contributed by atoms with Crippen molar-refractivity contribution < 1.29 is 28.7 Å². The lowest BCUT2D eigenvalue weighted by Crippen LogP contribution is -2.46. The van der Waals surface area contributed by atoms with Crippen molar-refractivity contribution in [2.24, 2.45) is 11.3 Å². The summed E-state index contributed by atoms with van der Waals surface area (Å²) in [5.41, 5.74) is 1.74. The number of carbonyl (C=O) groups excluding carboxylic acids is 2. The Bertz CT molecular complexity index is 1150. The molecule has 0 aliphatic carbocycles. The molecule has 0 radical (unpaired) electrons. The lowest BCUT2D eigenvalue weighted by Gasteiger charge is -2.31. The fourth-order valence-electron chi connectivity index (χ4n) is 7.05. The van der Waals surface area contributed by atoms with Crippen LogP contribution in [0.15, 0.2) is 18.2 Å². The van der Waals surface area contributed by atoms with E-state index in [2.05, 4.69) is 39.0 Å². The molecular weight excluding hydrogens is 544 g/mol. The highest BCUT2D eigenvalue weighted by Crippen LogP contribution is 2.41. The minimum absolute atomic E-state index is 0.0780. The van der Waals surface area contributed by atoms with Gasteiger partial charge in [-0.05, 0) is 49.3 Å². The first kappa shape index (κ1) is 33.2. The Morgan fingerprint density at radius 2 is 1.88 bits per heavy atom. The van der Waals surface area contributed by atoms with Crippen LogP contribution in [0.2, 0.25) is 0 Å². The zero-order valence-corrected chi connectivity index (χ0v) is 27.4. The Morgan fingerprint density at radius 3 is 2.53 bits per heavy atom. The van der Waals surface area contributed by atoms with E-state index < -0.39 is 11.9 Å². The first-order chi connectivity index (χ1) is 20.3. The second-order valence-electron chi connectivity index (χ2n) is 14.6. The number of carboxylic acid groups (broad SMARTS) is 1. The van der Waals surface area contributed by atoms with Crippen LogP contribution in [0, 0.1) is 11.3 Å². The molecule has 3 atom stereocenters. The van der Waals surface area contributed by atoms with Crippen molar-refractivity contribution in [3.8, 4) is 5.75 Å². The lowest BCUT2D eigenvalue weighted by atomic mass is 9.83. The topological polar surface area (TPSA) is 90.4 Å². The zero-order chi connectivity index (χ0) is 31.4. The van der Waals surface area contributed by atoms with E-state index in [-0.39, 0.29) is 35.7 Å². The maximum Gasteiger partial charge on any atom is 0.308 e. The van der Waals surface area contributed by atoms with Crippen LogP contribution in [0.25, 0.3) is 0 Å². The monoisotopic (exact) mass is 599 g/mol. The van der Waals surface area contributed by atoms with Crippen molar-refractivity contribution in [2.45, 2.75) is 77.7 Å². The average Bonchev–Trinajstić information content (AvgIpc) is 3.62. The molecule has 3 heterocycles. The fraction of sp³-hybridized carbons (Fsp3) is 0.735. The summed E-state index contributed by atoms with van der Waals surface area (Å²) in [7, 11) is 6.56. The number of nitrogens with zero attached hydrogens (tertiary/aromatic N) is 4. The number of carboxylic acids is 1. The smallest absolute Gasteiger partial charge is 0.308 e. The maximum absolute atomic E-state index is 13.9. The molecule has 0 saturated carbocycles. The molecule has 240 valence electrons. The number of quaternary nitrogens is 1. The summed E-state index contributed by atoms with van der Waals surface area (Å²) in [5, 5.41) is 10.6. The van der Waals surface area contributed by atoms with Gasteiger partial charge < -0.3 is 24.1 Å². The average molecular weight is 600 g/mol. The summed E-state index contributed by atoms with van der Waals surface area (Å²) in [6, 6.07) is 5.74. The normalized spacial score (nSPS) is 23.4. The van der Waals surface area contributed by atoms with Crippen LogP contribution in [-0.2, 0) is 20.8 Å². The maximum atomic E-state index is 13.9. The standard InChI is InChI=1S/C34H54N4O5/c1-7-8-16-35(17-9-10-20-38(4,5)6)30(39)24-37-23-27(25-11-12-29-26(22-25)14-21-43-29)31(32(40)41)28(37)13-18-36-19-15-34(2,3)33(36)42/h11-12,22,27-28,31H,7-10,13-21,23-24H2,1-6H3/p+1/t27-,28+,31-/m1/s1. The Kier molecular flexibility index (Phi) is 10.8. The molecule has 9 heteroatoms. The number of hydrogen-bond donors (Lipinski definition) is 1. The minimum atomic E-state index is -0.835. The molecule has 4 rings (SSSR count). The second kappa shape index (κ2) is 14.0. The van der Waals surface area contributed by atoms with Gasteiger partial charge in [-0.15, -0.1) is 0 Å². The third-order valence-corrected chi connectivity index (χ3v) is 9.72. The fourth-order valence-corrected chi connectivity index (χ4v) is 7.05. The number of unbranched alkanes of at least 4 members (excludes halogenated alkanes) is 2. The summed E-state index contributed by atoms with van der Waals surface area (Å²) in [6.07, 6.45) is 6.15. The summed E-state index contributed by atoms with van der Waals surface area (Å²) < 4.78 is 6.61. The van der Waals surface area contributed by atoms with Crippen LogP contribution in [0.1, 0.15) is 76.3 Å². The van der Waals surface area contributed by atoms with Gasteiger partial charge in [-0.25, -0.2) is 0 Å². The van der Waals surface area contributed by atoms with Crippen molar-refractivity contribution in [1.82, 2.24) is 14.7 Å². The molecular formula is C34H55N4O5+. The van der Waals surface area contributed by atoms with E-state index in [1.807, 2.05) is 35.8 Å². The van der Waals surface area contributed by atoms with Gasteiger partial charge in [0.25, 0.3) is 0 Å². The molecule has 43 heavy (non-hydrogen) atoms. The van der Waals surface area contributed by atoms with Crippen molar-refractivity contribution in [2.75, 3.05) is 73.6 Å². The largest absolute Gasteiger partial charge is 0.493 e. The molecule has 3 aliphatic rings. The highest BCUT2D eigenvalue weighted by atomic mass is 16.5. The lowest BCUT2D eigenvalue weighted by molar-refractivity contribution is -0.870. The van der Waals surface area contributed by atoms with Crippen molar-refractivity contribution in [1.29, 1.82) is 0 Å². The number of ether oxygens (including phenoxy) is 1. The molecule has 1 N–H and O–H groups in total. The number of likely N-dealkylation sites (tertiary alicyclic amines) is 2. The highest BCUT2D eigenvalue weighted by Gasteiger charge is 2.48. The van der Waals surface area contributed by atoms with Gasteiger partial charge in [-0.3, -0.25) is 19.3 Å². The van der Waals surface area contributed by atoms with E-state index in [4.69, 9.17) is 4.74 Å². The molecule has 2 fully saturated rings. The van der Waals surface area contributed by atoms with Gasteiger partial charge in [0.2, 0.25) is 11.8 Å². The molecule has 0 bridgehead atoms. The minimum Gasteiger partial charge on any atom is -0.493 e. The quantitative estimate of drug-likeness (QED) is 0.243. The predicted octanol–water partition coefficient (Wildman–Crippen LogP) is 3.85. The van der Waals surface area contributed by atoms with Gasteiger partial charge in [0.1, 0.15) is 5.75 Å². The van der Waals surface area contributed by atoms with E-state index in [9.17, 15) is 19.5 Å².